The smallest absolute Gasteiger partial charge is 0.340 e. The Hall–Kier alpha value is -2.98. The van der Waals surface area contributed by atoms with Crippen molar-refractivity contribution in [1.82, 2.24) is 0 Å². The van der Waals surface area contributed by atoms with E-state index in [2.05, 4.69) is 5.32 Å². The van der Waals surface area contributed by atoms with Crippen molar-refractivity contribution in [3.8, 4) is 0 Å². The molecule has 0 bridgehead atoms. The highest BCUT2D eigenvalue weighted by Crippen LogP contribution is 2.25. The highest BCUT2D eigenvalue weighted by molar-refractivity contribution is 7.90. The van der Waals surface area contributed by atoms with E-state index in [1.165, 1.54) is 37.3 Å². The van der Waals surface area contributed by atoms with Crippen molar-refractivity contribution in [1.29, 1.82) is 0 Å². The van der Waals surface area contributed by atoms with Crippen molar-refractivity contribution in [2.75, 3.05) is 18.2 Å². The molecule has 0 radical (unpaired) electrons. The Kier molecular flexibility index (Phi) is 6.37. The van der Waals surface area contributed by atoms with Crippen LogP contribution in [0.2, 0.25) is 5.02 Å². The van der Waals surface area contributed by atoms with Gasteiger partial charge in [-0.25, -0.2) is 13.2 Å². The molecule has 1 N–H and O–H groups in total. The molecule has 0 aliphatic heterocycles. The quantitative estimate of drug-likeness (QED) is 0.426. The summed E-state index contributed by atoms with van der Waals surface area (Å²) in [5, 5.41) is 13.3. The van der Waals surface area contributed by atoms with Crippen LogP contribution in [-0.2, 0) is 19.4 Å². The third kappa shape index (κ3) is 5.05. The third-order valence-electron chi connectivity index (χ3n) is 3.70. The number of rotatable bonds is 6. The van der Waals surface area contributed by atoms with Crippen molar-refractivity contribution in [3.63, 3.8) is 0 Å². The first-order valence-corrected chi connectivity index (χ1v) is 9.98. The number of carbonyl (C=O) groups excluding carboxylic acids is 2. The van der Waals surface area contributed by atoms with E-state index in [9.17, 15) is 28.1 Å². The Morgan fingerprint density at radius 2 is 1.93 bits per heavy atom. The average Bonchev–Trinajstić information content (AvgIpc) is 2.60. The second kappa shape index (κ2) is 8.36. The molecule has 2 rings (SSSR count). The molecule has 2 aromatic rings. The molecule has 28 heavy (non-hydrogen) atoms. The number of hydrogen-bond acceptors (Lipinski definition) is 7. The number of benzene rings is 2. The van der Waals surface area contributed by atoms with E-state index in [0.717, 1.165) is 12.3 Å². The maximum atomic E-state index is 12.1. The van der Waals surface area contributed by atoms with Crippen molar-refractivity contribution in [3.05, 3.63) is 62.7 Å². The Labute approximate surface area is 165 Å². The summed E-state index contributed by atoms with van der Waals surface area (Å²) in [6.07, 6.45) is 0.972. The molecule has 11 heteroatoms. The highest BCUT2D eigenvalue weighted by Gasteiger charge is 2.19. The van der Waals surface area contributed by atoms with E-state index in [0.29, 0.717) is 0 Å². The van der Waals surface area contributed by atoms with Gasteiger partial charge >= 0.3 is 5.97 Å². The molecule has 1 amide bonds. The summed E-state index contributed by atoms with van der Waals surface area (Å²) >= 11 is 5.89. The van der Waals surface area contributed by atoms with Crippen molar-refractivity contribution in [2.24, 2.45) is 0 Å². The normalized spacial score (nSPS) is 11.0. The van der Waals surface area contributed by atoms with Gasteiger partial charge in [0.2, 0.25) is 0 Å². The van der Waals surface area contributed by atoms with Gasteiger partial charge in [0.25, 0.3) is 11.6 Å². The molecule has 9 nitrogen and oxygen atoms in total. The molecule has 0 aliphatic rings. The van der Waals surface area contributed by atoms with Crippen LogP contribution < -0.4 is 5.32 Å². The summed E-state index contributed by atoms with van der Waals surface area (Å²) in [6.45, 7) is 0.774. The summed E-state index contributed by atoms with van der Waals surface area (Å²) in [4.78, 5) is 34.4. The summed E-state index contributed by atoms with van der Waals surface area (Å²) < 4.78 is 28.0. The minimum absolute atomic E-state index is 0.0349. The van der Waals surface area contributed by atoms with Crippen LogP contribution in [0, 0.1) is 17.0 Å². The van der Waals surface area contributed by atoms with Gasteiger partial charge in [0.05, 0.1) is 31.7 Å². The van der Waals surface area contributed by atoms with E-state index in [-0.39, 0.29) is 32.4 Å². The zero-order valence-corrected chi connectivity index (χ0v) is 16.3. The number of hydrogen-bond donors (Lipinski definition) is 1. The first-order valence-electron chi connectivity index (χ1n) is 7.71. The first-order chi connectivity index (χ1) is 13.0. The first kappa shape index (κ1) is 21.3. The molecule has 0 heterocycles. The maximum absolute atomic E-state index is 12.1. The molecule has 0 fully saturated rings. The lowest BCUT2D eigenvalue weighted by atomic mass is 10.1. The van der Waals surface area contributed by atoms with Crippen LogP contribution >= 0.6 is 11.6 Å². The molecule has 0 aliphatic carbocycles. The average molecular weight is 427 g/mol. The molecule has 0 atom stereocenters. The lowest BCUT2D eigenvalue weighted by Gasteiger charge is -2.10. The van der Waals surface area contributed by atoms with Crippen molar-refractivity contribution < 1.29 is 27.7 Å². The van der Waals surface area contributed by atoms with Crippen LogP contribution in [0.1, 0.15) is 15.9 Å². The van der Waals surface area contributed by atoms with Gasteiger partial charge in [-0.3, -0.25) is 14.9 Å². The molecule has 2 aromatic carbocycles. The molecule has 0 saturated heterocycles. The molecule has 0 spiro atoms. The van der Waals surface area contributed by atoms with Gasteiger partial charge in [-0.15, -0.1) is 0 Å². The van der Waals surface area contributed by atoms with Gasteiger partial charge in [0, 0.05) is 12.3 Å². The van der Waals surface area contributed by atoms with Crippen LogP contribution in [0.25, 0.3) is 0 Å². The SMILES string of the molecule is Cc1c(NC(=O)COC(=O)c2cc(S(C)(=O)=O)ccc2Cl)cccc1[N+](=O)[O-]. The molecule has 0 saturated carbocycles. The predicted molar refractivity (Wildman–Crippen MR) is 101 cm³/mol. The maximum Gasteiger partial charge on any atom is 0.340 e. The fourth-order valence-electron chi connectivity index (χ4n) is 2.24. The molecule has 0 aromatic heterocycles. The van der Waals surface area contributed by atoms with Gasteiger partial charge < -0.3 is 10.1 Å². The lowest BCUT2D eigenvalue weighted by molar-refractivity contribution is -0.385. The van der Waals surface area contributed by atoms with E-state index < -0.39 is 33.2 Å². The summed E-state index contributed by atoms with van der Waals surface area (Å²) in [6, 6.07) is 7.70. The van der Waals surface area contributed by atoms with Crippen LogP contribution in [0.15, 0.2) is 41.3 Å². The summed E-state index contributed by atoms with van der Waals surface area (Å²) in [5.74, 6) is -1.71. The fourth-order valence-corrected chi connectivity index (χ4v) is 3.09. The van der Waals surface area contributed by atoms with Gasteiger partial charge in [-0.1, -0.05) is 17.7 Å². The second-order valence-corrected chi connectivity index (χ2v) is 8.17. The van der Waals surface area contributed by atoms with Gasteiger partial charge in [0.1, 0.15) is 0 Å². The molecular formula is C17H15ClN2O7S. The number of carbonyl (C=O) groups is 2. The van der Waals surface area contributed by atoms with Crippen molar-refractivity contribution in [2.45, 2.75) is 11.8 Å². The summed E-state index contributed by atoms with van der Waals surface area (Å²) in [5.41, 5.74) is 0.0755. The molecular weight excluding hydrogens is 412 g/mol. The van der Waals surface area contributed by atoms with Crippen LogP contribution in [0.4, 0.5) is 11.4 Å². The Morgan fingerprint density at radius 1 is 1.25 bits per heavy atom. The fraction of sp³-hybridized carbons (Fsp3) is 0.176. The Bertz CT molecular complexity index is 1070. The molecule has 148 valence electrons. The highest BCUT2D eigenvalue weighted by atomic mass is 35.5. The zero-order valence-electron chi connectivity index (χ0n) is 14.8. The monoisotopic (exact) mass is 426 g/mol. The standard InChI is InChI=1S/C17H15ClN2O7S/c1-10-14(4-3-5-15(10)20(23)24)19-16(21)9-27-17(22)12-8-11(28(2,25)26)6-7-13(12)18/h3-8H,9H2,1-2H3,(H,19,21). The Morgan fingerprint density at radius 3 is 2.54 bits per heavy atom. The van der Waals surface area contributed by atoms with Crippen LogP contribution in [0.5, 0.6) is 0 Å². The predicted octanol–water partition coefficient (Wildman–Crippen LogP) is 2.76. The largest absolute Gasteiger partial charge is 0.452 e. The number of ether oxygens (including phenoxy) is 1. The van der Waals surface area contributed by atoms with Gasteiger partial charge in [-0.2, -0.15) is 0 Å². The summed E-state index contributed by atoms with van der Waals surface area (Å²) in [7, 11) is -3.56. The lowest BCUT2D eigenvalue weighted by Crippen LogP contribution is -2.21. The zero-order chi connectivity index (χ0) is 21.1. The number of nitrogens with zero attached hydrogens (tertiary/aromatic N) is 1. The number of nitrogens with one attached hydrogen (secondary N) is 1. The van der Waals surface area contributed by atoms with Crippen LogP contribution in [-0.4, -0.2) is 38.1 Å². The minimum Gasteiger partial charge on any atom is -0.452 e. The minimum atomic E-state index is -3.56. The number of nitro groups is 1. The van der Waals surface area contributed by atoms with Gasteiger partial charge in [-0.05, 0) is 31.2 Å². The topological polar surface area (TPSA) is 133 Å². The van der Waals surface area contributed by atoms with E-state index in [1.54, 1.807) is 0 Å². The number of esters is 1. The Balaban J connectivity index is 2.09. The number of halogens is 1. The van der Waals surface area contributed by atoms with E-state index >= 15 is 0 Å². The third-order valence-corrected chi connectivity index (χ3v) is 5.14. The second-order valence-electron chi connectivity index (χ2n) is 5.74. The number of amides is 1. The number of anilines is 1. The molecule has 0 unspecified atom stereocenters. The van der Waals surface area contributed by atoms with E-state index in [1.807, 2.05) is 0 Å². The van der Waals surface area contributed by atoms with Crippen LogP contribution in [0.3, 0.4) is 0 Å². The van der Waals surface area contributed by atoms with Crippen molar-refractivity contribution >= 4 is 44.7 Å². The number of sulfone groups is 1. The van der Waals surface area contributed by atoms with Gasteiger partial charge in [0.15, 0.2) is 16.4 Å². The number of nitro benzene ring substituents is 1. The van der Waals surface area contributed by atoms with E-state index in [4.69, 9.17) is 16.3 Å².